The van der Waals surface area contributed by atoms with E-state index in [1.54, 1.807) is 19.1 Å². The molecule has 7 nitrogen and oxygen atoms in total. The summed E-state index contributed by atoms with van der Waals surface area (Å²) in [5, 5.41) is 48.8. The molecule has 7 heteroatoms. The molecule has 0 radical (unpaired) electrons. The van der Waals surface area contributed by atoms with Gasteiger partial charge in [0.25, 0.3) is 0 Å². The van der Waals surface area contributed by atoms with Crippen LogP contribution in [-0.2, 0) is 4.74 Å². The number of aliphatic hydroxyl groups is 4. The lowest BCUT2D eigenvalue weighted by molar-refractivity contribution is -0.277. The molecule has 1 heterocycles. The molecule has 1 aromatic rings. The maximum atomic E-state index is 10.0. The molecule has 0 aromatic heterocycles. The van der Waals surface area contributed by atoms with E-state index in [4.69, 9.17) is 9.47 Å². The van der Waals surface area contributed by atoms with E-state index in [9.17, 15) is 25.5 Å². The first-order chi connectivity index (χ1) is 10.8. The summed E-state index contributed by atoms with van der Waals surface area (Å²) < 4.78 is 10.9. The summed E-state index contributed by atoms with van der Waals surface area (Å²) in [6.07, 6.45) is -6.75. The van der Waals surface area contributed by atoms with Crippen molar-refractivity contribution in [3.05, 3.63) is 23.3 Å². The standard InChI is InChI=1S/C16H24O7/c1-7(2)9-4-10(18)8(3)11(5-9)22-16-15(21)14(20)13(19)12(6-17)23-16/h4-5,7,12-21H,6H2,1-3H3. The van der Waals surface area contributed by atoms with Gasteiger partial charge >= 0.3 is 0 Å². The average molecular weight is 328 g/mol. The topological polar surface area (TPSA) is 120 Å². The second-order valence-electron chi connectivity index (χ2n) is 6.13. The second kappa shape index (κ2) is 7.02. The van der Waals surface area contributed by atoms with Crippen molar-refractivity contribution in [2.75, 3.05) is 6.61 Å². The van der Waals surface area contributed by atoms with Crippen LogP contribution in [0.25, 0.3) is 0 Å². The largest absolute Gasteiger partial charge is 0.508 e. The van der Waals surface area contributed by atoms with Gasteiger partial charge in [0, 0.05) is 5.56 Å². The van der Waals surface area contributed by atoms with Crippen LogP contribution in [0.1, 0.15) is 30.9 Å². The van der Waals surface area contributed by atoms with Gasteiger partial charge in [-0.2, -0.15) is 0 Å². The van der Waals surface area contributed by atoms with Crippen molar-refractivity contribution >= 4 is 0 Å². The van der Waals surface area contributed by atoms with Gasteiger partial charge in [0.2, 0.25) is 6.29 Å². The number of aromatic hydroxyl groups is 1. The molecule has 0 aliphatic carbocycles. The van der Waals surface area contributed by atoms with E-state index < -0.39 is 37.3 Å². The summed E-state index contributed by atoms with van der Waals surface area (Å²) in [4.78, 5) is 0. The molecule has 1 fully saturated rings. The molecule has 1 saturated heterocycles. The number of phenolic OH excluding ortho intramolecular Hbond substituents is 1. The van der Waals surface area contributed by atoms with Crippen molar-refractivity contribution in [1.82, 2.24) is 0 Å². The quantitative estimate of drug-likeness (QED) is 0.528. The van der Waals surface area contributed by atoms with Crippen LogP contribution >= 0.6 is 0 Å². The first-order valence-corrected chi connectivity index (χ1v) is 7.57. The molecule has 5 N–H and O–H groups in total. The minimum atomic E-state index is -1.51. The molecule has 1 aliphatic heterocycles. The van der Waals surface area contributed by atoms with Gasteiger partial charge in [0.15, 0.2) is 0 Å². The first kappa shape index (κ1) is 18.0. The summed E-state index contributed by atoms with van der Waals surface area (Å²) in [5.74, 6) is 0.507. The minimum absolute atomic E-state index is 0.0517. The fourth-order valence-electron chi connectivity index (χ4n) is 2.44. The number of rotatable bonds is 4. The van der Waals surface area contributed by atoms with Gasteiger partial charge in [-0.25, -0.2) is 0 Å². The Morgan fingerprint density at radius 3 is 2.35 bits per heavy atom. The summed E-state index contributed by atoms with van der Waals surface area (Å²) in [7, 11) is 0. The van der Waals surface area contributed by atoms with Crippen LogP contribution in [0.3, 0.4) is 0 Å². The van der Waals surface area contributed by atoms with E-state index in [1.165, 1.54) is 0 Å². The van der Waals surface area contributed by atoms with E-state index in [-0.39, 0.29) is 11.7 Å². The molecule has 5 atom stereocenters. The zero-order chi connectivity index (χ0) is 17.3. The van der Waals surface area contributed by atoms with Crippen LogP contribution < -0.4 is 4.74 Å². The Bertz CT molecular complexity index is 543. The maximum Gasteiger partial charge on any atom is 0.229 e. The zero-order valence-corrected chi connectivity index (χ0v) is 13.4. The number of ether oxygens (including phenoxy) is 2. The molecular weight excluding hydrogens is 304 g/mol. The third-order valence-corrected chi connectivity index (χ3v) is 4.11. The Balaban J connectivity index is 2.27. The van der Waals surface area contributed by atoms with Gasteiger partial charge in [-0.3, -0.25) is 0 Å². The predicted octanol–water partition coefficient (Wildman–Crippen LogP) is 0.00272. The zero-order valence-electron chi connectivity index (χ0n) is 13.4. The molecule has 0 spiro atoms. The second-order valence-corrected chi connectivity index (χ2v) is 6.13. The van der Waals surface area contributed by atoms with Gasteiger partial charge in [-0.05, 0) is 30.5 Å². The third-order valence-electron chi connectivity index (χ3n) is 4.11. The van der Waals surface area contributed by atoms with Gasteiger partial charge in [0.05, 0.1) is 6.61 Å². The fourth-order valence-corrected chi connectivity index (χ4v) is 2.44. The molecule has 0 saturated carbocycles. The molecule has 23 heavy (non-hydrogen) atoms. The van der Waals surface area contributed by atoms with Crippen LogP contribution in [0, 0.1) is 6.92 Å². The number of hydrogen-bond acceptors (Lipinski definition) is 7. The Kier molecular flexibility index (Phi) is 5.49. The molecule has 1 aromatic carbocycles. The normalized spacial score (nSPS) is 31.4. The van der Waals surface area contributed by atoms with Crippen LogP contribution in [0.4, 0.5) is 0 Å². The summed E-state index contributed by atoms with van der Waals surface area (Å²) in [5.41, 5.74) is 1.30. The number of hydrogen-bond donors (Lipinski definition) is 5. The van der Waals surface area contributed by atoms with Crippen molar-refractivity contribution in [3.8, 4) is 11.5 Å². The SMILES string of the molecule is Cc1c(O)cc(C(C)C)cc1OC1OC(CO)C(O)C(O)C1O. The lowest BCUT2D eigenvalue weighted by Crippen LogP contribution is -2.60. The smallest absolute Gasteiger partial charge is 0.229 e. The number of phenols is 1. The van der Waals surface area contributed by atoms with Crippen LogP contribution in [0.2, 0.25) is 0 Å². The lowest BCUT2D eigenvalue weighted by atomic mass is 9.98. The number of benzene rings is 1. The third kappa shape index (κ3) is 3.59. The Hall–Kier alpha value is -1.38. The van der Waals surface area contributed by atoms with Crippen LogP contribution in [0.5, 0.6) is 11.5 Å². The van der Waals surface area contributed by atoms with Crippen molar-refractivity contribution in [2.45, 2.75) is 57.4 Å². The highest BCUT2D eigenvalue weighted by atomic mass is 16.7. The van der Waals surface area contributed by atoms with E-state index in [0.29, 0.717) is 11.3 Å². The van der Waals surface area contributed by atoms with Crippen LogP contribution in [-0.4, -0.2) is 62.8 Å². The van der Waals surface area contributed by atoms with Crippen molar-refractivity contribution in [2.24, 2.45) is 0 Å². The van der Waals surface area contributed by atoms with Crippen LogP contribution in [0.15, 0.2) is 12.1 Å². The highest BCUT2D eigenvalue weighted by Crippen LogP contribution is 2.34. The lowest BCUT2D eigenvalue weighted by Gasteiger charge is -2.39. The van der Waals surface area contributed by atoms with Gasteiger partial charge in [-0.1, -0.05) is 13.8 Å². The Morgan fingerprint density at radius 1 is 1.13 bits per heavy atom. The van der Waals surface area contributed by atoms with E-state index >= 15 is 0 Å². The monoisotopic (exact) mass is 328 g/mol. The van der Waals surface area contributed by atoms with E-state index in [0.717, 1.165) is 5.56 Å². The van der Waals surface area contributed by atoms with E-state index in [1.807, 2.05) is 13.8 Å². The minimum Gasteiger partial charge on any atom is -0.508 e. The molecule has 130 valence electrons. The predicted molar refractivity (Wildman–Crippen MR) is 81.3 cm³/mol. The molecule has 5 unspecified atom stereocenters. The van der Waals surface area contributed by atoms with Crippen molar-refractivity contribution in [1.29, 1.82) is 0 Å². The Labute approximate surface area is 134 Å². The summed E-state index contributed by atoms with van der Waals surface area (Å²) >= 11 is 0. The fraction of sp³-hybridized carbons (Fsp3) is 0.625. The van der Waals surface area contributed by atoms with Gasteiger partial charge < -0.3 is 35.0 Å². The first-order valence-electron chi connectivity index (χ1n) is 7.57. The van der Waals surface area contributed by atoms with Gasteiger partial charge in [-0.15, -0.1) is 0 Å². The average Bonchev–Trinajstić information content (AvgIpc) is 2.51. The number of aliphatic hydroxyl groups excluding tert-OH is 4. The molecular formula is C16H24O7. The molecule has 0 amide bonds. The van der Waals surface area contributed by atoms with Crippen molar-refractivity contribution < 1.29 is 35.0 Å². The highest BCUT2D eigenvalue weighted by molar-refractivity contribution is 5.47. The molecule has 1 aliphatic rings. The molecule has 0 bridgehead atoms. The highest BCUT2D eigenvalue weighted by Gasteiger charge is 2.44. The van der Waals surface area contributed by atoms with Gasteiger partial charge in [0.1, 0.15) is 35.9 Å². The Morgan fingerprint density at radius 2 is 1.78 bits per heavy atom. The summed E-state index contributed by atoms with van der Waals surface area (Å²) in [6.45, 7) is 5.04. The molecule has 2 rings (SSSR count). The summed E-state index contributed by atoms with van der Waals surface area (Å²) in [6, 6.07) is 3.36. The van der Waals surface area contributed by atoms with Crippen molar-refractivity contribution in [3.63, 3.8) is 0 Å². The van der Waals surface area contributed by atoms with E-state index in [2.05, 4.69) is 0 Å². The maximum absolute atomic E-state index is 10.0.